The lowest BCUT2D eigenvalue weighted by Gasteiger charge is -2.11. The summed E-state index contributed by atoms with van der Waals surface area (Å²) in [5.74, 6) is 1.34. The molecule has 1 N–H and O–H groups in total. The molecule has 3 rings (SSSR count). The second-order valence-corrected chi connectivity index (χ2v) is 6.68. The molecule has 0 amide bonds. The summed E-state index contributed by atoms with van der Waals surface area (Å²) < 4.78 is 1.82. The molecule has 0 unspecified atom stereocenters. The number of halogens is 1. The van der Waals surface area contributed by atoms with Crippen molar-refractivity contribution in [1.29, 1.82) is 0 Å². The van der Waals surface area contributed by atoms with Crippen molar-refractivity contribution in [3.05, 3.63) is 77.5 Å². The van der Waals surface area contributed by atoms with Gasteiger partial charge in [-0.15, -0.1) is 5.10 Å². The minimum absolute atomic E-state index is 0.537. The Hall–Kier alpha value is -2.92. The van der Waals surface area contributed by atoms with Crippen LogP contribution in [0.5, 0.6) is 0 Å². The van der Waals surface area contributed by atoms with Crippen LogP contribution >= 0.6 is 11.6 Å². The van der Waals surface area contributed by atoms with Gasteiger partial charge in [0.1, 0.15) is 5.52 Å². The van der Waals surface area contributed by atoms with Gasteiger partial charge >= 0.3 is 0 Å². The van der Waals surface area contributed by atoms with Gasteiger partial charge in [0.15, 0.2) is 11.6 Å². The number of fused-ring (bicyclic) bond motifs is 1. The summed E-state index contributed by atoms with van der Waals surface area (Å²) in [6.07, 6.45) is 14.3. The molecular weight excluding hydrogens is 382 g/mol. The molecule has 3 heterocycles. The predicted molar refractivity (Wildman–Crippen MR) is 124 cm³/mol. The van der Waals surface area contributed by atoms with E-state index in [2.05, 4.69) is 48.3 Å². The summed E-state index contributed by atoms with van der Waals surface area (Å²) in [6.45, 7) is 10.2. The normalized spacial score (nSPS) is 11.3. The van der Waals surface area contributed by atoms with Crippen LogP contribution in [0.2, 0.25) is 5.02 Å². The predicted octanol–water partition coefficient (Wildman–Crippen LogP) is 6.86. The highest BCUT2D eigenvalue weighted by atomic mass is 35.5. The molecule has 0 aliphatic carbocycles. The molecule has 0 saturated carbocycles. The van der Waals surface area contributed by atoms with Gasteiger partial charge in [-0.1, -0.05) is 62.2 Å². The minimum Gasteiger partial charge on any atom is -0.337 e. The lowest BCUT2D eigenvalue weighted by Crippen LogP contribution is -2.05. The SMILES string of the molecule is CC.CC/C=C(/C=C\C=C(C)C)c1nc(Nc2ccncc2Cl)c2cccn2n1. The van der Waals surface area contributed by atoms with E-state index < -0.39 is 0 Å². The third-order valence-corrected chi connectivity index (χ3v) is 4.11. The number of nitrogens with zero attached hydrogens (tertiary/aromatic N) is 4. The topological polar surface area (TPSA) is 55.1 Å². The molecule has 0 atom stereocenters. The first-order valence-electron chi connectivity index (χ1n) is 9.82. The molecule has 0 aliphatic rings. The summed E-state index contributed by atoms with van der Waals surface area (Å²) in [4.78, 5) is 8.79. The number of hydrogen-bond donors (Lipinski definition) is 1. The van der Waals surface area contributed by atoms with Crippen molar-refractivity contribution in [2.45, 2.75) is 41.0 Å². The van der Waals surface area contributed by atoms with Gasteiger partial charge < -0.3 is 5.32 Å². The molecule has 5 nitrogen and oxygen atoms in total. The Morgan fingerprint density at radius 2 is 2.03 bits per heavy atom. The molecule has 0 bridgehead atoms. The maximum atomic E-state index is 6.25. The zero-order valence-electron chi connectivity index (χ0n) is 17.6. The fraction of sp³-hybridized carbons (Fsp3) is 0.261. The highest BCUT2D eigenvalue weighted by molar-refractivity contribution is 6.33. The van der Waals surface area contributed by atoms with Gasteiger partial charge in [-0.05, 0) is 38.5 Å². The molecular formula is C23H28ClN5. The van der Waals surface area contributed by atoms with Crippen LogP contribution in [0.3, 0.4) is 0 Å². The van der Waals surface area contributed by atoms with Gasteiger partial charge in [-0.2, -0.15) is 0 Å². The van der Waals surface area contributed by atoms with Crippen molar-refractivity contribution >= 4 is 34.2 Å². The molecule has 6 heteroatoms. The van der Waals surface area contributed by atoms with Crippen LogP contribution in [-0.4, -0.2) is 19.6 Å². The molecule has 0 aromatic carbocycles. The second-order valence-electron chi connectivity index (χ2n) is 6.27. The first-order valence-corrected chi connectivity index (χ1v) is 10.2. The van der Waals surface area contributed by atoms with Crippen molar-refractivity contribution in [1.82, 2.24) is 19.6 Å². The average molecular weight is 410 g/mol. The fourth-order valence-corrected chi connectivity index (χ4v) is 2.72. The van der Waals surface area contributed by atoms with E-state index in [1.165, 1.54) is 5.57 Å². The summed E-state index contributed by atoms with van der Waals surface area (Å²) in [5.41, 5.74) is 3.82. The van der Waals surface area contributed by atoms with Crippen LogP contribution in [0.15, 0.2) is 66.7 Å². The van der Waals surface area contributed by atoms with E-state index in [-0.39, 0.29) is 0 Å². The van der Waals surface area contributed by atoms with Crippen LogP contribution in [0.25, 0.3) is 11.1 Å². The summed E-state index contributed by atoms with van der Waals surface area (Å²) in [5, 5.41) is 8.50. The molecule has 29 heavy (non-hydrogen) atoms. The Morgan fingerprint density at radius 1 is 1.24 bits per heavy atom. The Bertz CT molecular complexity index is 1030. The number of pyridine rings is 1. The van der Waals surface area contributed by atoms with E-state index in [0.717, 1.165) is 23.2 Å². The number of nitrogens with one attached hydrogen (secondary N) is 1. The minimum atomic E-state index is 0.537. The summed E-state index contributed by atoms with van der Waals surface area (Å²) in [6, 6.07) is 5.72. The molecule has 0 saturated heterocycles. The van der Waals surface area contributed by atoms with Crippen molar-refractivity contribution in [3.8, 4) is 0 Å². The molecule has 3 aromatic rings. The Morgan fingerprint density at radius 3 is 2.72 bits per heavy atom. The van der Waals surface area contributed by atoms with Gasteiger partial charge in [0.2, 0.25) is 0 Å². The summed E-state index contributed by atoms with van der Waals surface area (Å²) in [7, 11) is 0. The lowest BCUT2D eigenvalue weighted by molar-refractivity contribution is 0.888. The highest BCUT2D eigenvalue weighted by Crippen LogP contribution is 2.26. The third-order valence-electron chi connectivity index (χ3n) is 3.80. The molecule has 0 spiro atoms. The second kappa shape index (κ2) is 11.2. The van der Waals surface area contributed by atoms with E-state index in [1.807, 2.05) is 54.9 Å². The van der Waals surface area contributed by atoms with Crippen LogP contribution in [0.1, 0.15) is 46.9 Å². The average Bonchev–Trinajstić information content (AvgIpc) is 3.19. The zero-order chi connectivity index (χ0) is 21.2. The number of allylic oxidation sites excluding steroid dienone is 6. The smallest absolute Gasteiger partial charge is 0.181 e. The lowest BCUT2D eigenvalue weighted by atomic mass is 10.2. The quantitative estimate of drug-likeness (QED) is 0.451. The zero-order valence-corrected chi connectivity index (χ0v) is 18.4. The maximum absolute atomic E-state index is 6.25. The van der Waals surface area contributed by atoms with Crippen molar-refractivity contribution in [3.63, 3.8) is 0 Å². The molecule has 0 radical (unpaired) electrons. The number of rotatable bonds is 6. The van der Waals surface area contributed by atoms with Crippen molar-refractivity contribution in [2.24, 2.45) is 0 Å². The van der Waals surface area contributed by atoms with E-state index in [0.29, 0.717) is 16.7 Å². The highest BCUT2D eigenvalue weighted by Gasteiger charge is 2.11. The molecule has 152 valence electrons. The van der Waals surface area contributed by atoms with Gasteiger partial charge in [0.05, 0.1) is 10.7 Å². The monoisotopic (exact) mass is 409 g/mol. The van der Waals surface area contributed by atoms with E-state index in [1.54, 1.807) is 12.4 Å². The summed E-state index contributed by atoms with van der Waals surface area (Å²) >= 11 is 6.25. The van der Waals surface area contributed by atoms with E-state index >= 15 is 0 Å². The van der Waals surface area contributed by atoms with Crippen LogP contribution in [0, 0.1) is 0 Å². The van der Waals surface area contributed by atoms with E-state index in [4.69, 9.17) is 16.6 Å². The Labute approximate surface area is 177 Å². The van der Waals surface area contributed by atoms with Gasteiger partial charge in [0, 0.05) is 24.2 Å². The first-order chi connectivity index (χ1) is 14.1. The van der Waals surface area contributed by atoms with Gasteiger partial charge in [-0.3, -0.25) is 4.98 Å². The van der Waals surface area contributed by atoms with Crippen LogP contribution in [0.4, 0.5) is 11.5 Å². The third kappa shape index (κ3) is 6.03. The molecule has 3 aromatic heterocycles. The number of anilines is 2. The maximum Gasteiger partial charge on any atom is 0.181 e. The first kappa shape index (κ1) is 22.4. The number of aromatic nitrogens is 4. The van der Waals surface area contributed by atoms with Gasteiger partial charge in [0.25, 0.3) is 0 Å². The van der Waals surface area contributed by atoms with Crippen molar-refractivity contribution in [2.75, 3.05) is 5.32 Å². The number of hydrogen-bond acceptors (Lipinski definition) is 4. The van der Waals surface area contributed by atoms with Crippen molar-refractivity contribution < 1.29 is 0 Å². The Kier molecular flexibility index (Phi) is 8.62. The molecule has 0 fully saturated rings. The Balaban J connectivity index is 0.00000145. The fourth-order valence-electron chi connectivity index (χ4n) is 2.55. The standard InChI is InChI=1S/C21H22ClN5.C2H6/c1-4-7-16(9-5-8-15(2)3)20-25-21(19-10-6-13-27(19)26-20)24-18-11-12-23-14-17(18)22;1-2/h5-14H,4H2,1-3H3,(H,23,24,25,26);1-2H3/b9-5-,16-7-;. The largest absolute Gasteiger partial charge is 0.337 e. The van der Waals surface area contributed by atoms with Crippen LogP contribution < -0.4 is 5.32 Å². The van der Waals surface area contributed by atoms with Gasteiger partial charge in [-0.25, -0.2) is 9.50 Å². The van der Waals surface area contributed by atoms with Crippen LogP contribution in [-0.2, 0) is 0 Å². The van der Waals surface area contributed by atoms with E-state index in [9.17, 15) is 0 Å². The molecule has 0 aliphatic heterocycles.